The summed E-state index contributed by atoms with van der Waals surface area (Å²) in [4.78, 5) is 33.3. The van der Waals surface area contributed by atoms with E-state index >= 15 is 0 Å². The van der Waals surface area contributed by atoms with Crippen LogP contribution in [0.25, 0.3) is 0 Å². The maximum Gasteiger partial charge on any atom is 0.170 e. The first-order valence-electron chi connectivity index (χ1n) is 4.69. The molecule has 15 heavy (non-hydrogen) atoms. The number of carbonyl (C=O) groups is 3. The smallest absolute Gasteiger partial charge is 0.170 e. The van der Waals surface area contributed by atoms with Crippen molar-refractivity contribution in [2.24, 2.45) is 0 Å². The summed E-state index contributed by atoms with van der Waals surface area (Å²) >= 11 is 0. The van der Waals surface area contributed by atoms with Crippen molar-refractivity contribution in [1.82, 2.24) is 0 Å². The molecule has 0 atom stereocenters. The molecule has 0 saturated heterocycles. The lowest BCUT2D eigenvalue weighted by Gasteiger charge is -1.98. The Balaban J connectivity index is 2.57. The molecule has 0 saturated carbocycles. The SMILES string of the molecule is CC(=O)CC(=O)CC(=O)c1ccccc1. The van der Waals surface area contributed by atoms with Crippen LogP contribution in [0.5, 0.6) is 0 Å². The van der Waals surface area contributed by atoms with Gasteiger partial charge in [0.15, 0.2) is 5.78 Å². The molecule has 1 rings (SSSR count). The minimum absolute atomic E-state index is 0.154. The van der Waals surface area contributed by atoms with Crippen LogP contribution in [-0.4, -0.2) is 17.3 Å². The highest BCUT2D eigenvalue weighted by atomic mass is 16.2. The molecule has 0 fully saturated rings. The third-order valence-electron chi connectivity index (χ3n) is 1.90. The standard InChI is InChI=1S/C12H12O3/c1-9(13)7-11(14)8-12(15)10-5-3-2-4-6-10/h2-6H,7-8H2,1H3. The Bertz CT molecular complexity index is 379. The van der Waals surface area contributed by atoms with Crippen molar-refractivity contribution in [3.63, 3.8) is 0 Å². The zero-order valence-corrected chi connectivity index (χ0v) is 8.53. The topological polar surface area (TPSA) is 51.2 Å². The Hall–Kier alpha value is -1.77. The third-order valence-corrected chi connectivity index (χ3v) is 1.90. The summed E-state index contributed by atoms with van der Waals surface area (Å²) < 4.78 is 0. The second-order valence-electron chi connectivity index (χ2n) is 3.38. The molecule has 0 radical (unpaired) electrons. The molecule has 0 bridgehead atoms. The molecule has 0 unspecified atom stereocenters. The summed E-state index contributed by atoms with van der Waals surface area (Å²) in [6, 6.07) is 8.59. The molecular weight excluding hydrogens is 192 g/mol. The highest BCUT2D eigenvalue weighted by Crippen LogP contribution is 2.04. The van der Waals surface area contributed by atoms with Gasteiger partial charge in [-0.1, -0.05) is 30.3 Å². The number of carbonyl (C=O) groups excluding carboxylic acids is 3. The molecule has 1 aromatic carbocycles. The van der Waals surface area contributed by atoms with E-state index < -0.39 is 0 Å². The number of Topliss-reactive ketones (excluding diaryl/α,β-unsaturated/α-hetero) is 3. The lowest BCUT2D eigenvalue weighted by Crippen LogP contribution is -2.10. The largest absolute Gasteiger partial charge is 0.300 e. The lowest BCUT2D eigenvalue weighted by atomic mass is 10.0. The Kier molecular flexibility index (Phi) is 3.92. The van der Waals surface area contributed by atoms with E-state index in [2.05, 4.69) is 0 Å². The van der Waals surface area contributed by atoms with Crippen molar-refractivity contribution >= 4 is 17.3 Å². The van der Waals surface area contributed by atoms with E-state index in [1.54, 1.807) is 30.3 Å². The molecule has 0 aliphatic carbocycles. The molecule has 0 amide bonds. The minimum atomic E-state index is -0.323. The van der Waals surface area contributed by atoms with E-state index in [9.17, 15) is 14.4 Å². The molecule has 0 aliphatic heterocycles. The second kappa shape index (κ2) is 5.20. The summed E-state index contributed by atoms with van der Waals surface area (Å²) in [5, 5.41) is 0. The molecule has 0 N–H and O–H groups in total. The Morgan fingerprint density at radius 2 is 1.60 bits per heavy atom. The first kappa shape index (κ1) is 11.3. The highest BCUT2D eigenvalue weighted by molar-refractivity contribution is 6.11. The van der Waals surface area contributed by atoms with Crippen LogP contribution in [0.4, 0.5) is 0 Å². The van der Waals surface area contributed by atoms with Gasteiger partial charge in [-0.25, -0.2) is 0 Å². The van der Waals surface area contributed by atoms with Crippen LogP contribution < -0.4 is 0 Å². The van der Waals surface area contributed by atoms with E-state index in [0.717, 1.165) is 0 Å². The molecule has 0 aromatic heterocycles. The van der Waals surface area contributed by atoms with Gasteiger partial charge in [-0.2, -0.15) is 0 Å². The fraction of sp³-hybridized carbons (Fsp3) is 0.250. The van der Waals surface area contributed by atoms with E-state index in [-0.39, 0.29) is 30.2 Å². The van der Waals surface area contributed by atoms with Gasteiger partial charge in [0.05, 0.1) is 12.8 Å². The average molecular weight is 204 g/mol. The van der Waals surface area contributed by atoms with Crippen LogP contribution in [0.15, 0.2) is 30.3 Å². The quantitative estimate of drug-likeness (QED) is 0.543. The van der Waals surface area contributed by atoms with Crippen LogP contribution in [0.3, 0.4) is 0 Å². The monoisotopic (exact) mass is 204 g/mol. The predicted molar refractivity (Wildman–Crippen MR) is 55.7 cm³/mol. The average Bonchev–Trinajstić information content (AvgIpc) is 2.17. The number of hydrogen-bond acceptors (Lipinski definition) is 3. The van der Waals surface area contributed by atoms with Gasteiger partial charge in [0.1, 0.15) is 11.6 Å². The normalized spacial score (nSPS) is 9.67. The molecule has 0 spiro atoms. The maximum atomic E-state index is 11.5. The number of ketones is 3. The Labute approximate surface area is 88.1 Å². The van der Waals surface area contributed by atoms with Gasteiger partial charge >= 0.3 is 0 Å². The van der Waals surface area contributed by atoms with Gasteiger partial charge in [-0.05, 0) is 6.92 Å². The Morgan fingerprint density at radius 3 is 2.13 bits per heavy atom. The fourth-order valence-electron chi connectivity index (χ4n) is 1.25. The van der Waals surface area contributed by atoms with E-state index in [0.29, 0.717) is 5.56 Å². The van der Waals surface area contributed by atoms with Crippen molar-refractivity contribution in [1.29, 1.82) is 0 Å². The van der Waals surface area contributed by atoms with E-state index in [1.807, 2.05) is 0 Å². The first-order chi connectivity index (χ1) is 7.09. The molecule has 3 nitrogen and oxygen atoms in total. The summed E-state index contributed by atoms with van der Waals surface area (Å²) in [6.45, 7) is 1.34. The van der Waals surface area contributed by atoms with Crippen LogP contribution >= 0.6 is 0 Å². The van der Waals surface area contributed by atoms with E-state index in [4.69, 9.17) is 0 Å². The van der Waals surface area contributed by atoms with Gasteiger partial charge in [0.25, 0.3) is 0 Å². The van der Waals surface area contributed by atoms with Crippen molar-refractivity contribution in [2.75, 3.05) is 0 Å². The van der Waals surface area contributed by atoms with Crippen molar-refractivity contribution in [2.45, 2.75) is 19.8 Å². The molecule has 1 aromatic rings. The predicted octanol–water partition coefficient (Wildman–Crippen LogP) is 1.81. The van der Waals surface area contributed by atoms with Gasteiger partial charge in [0, 0.05) is 5.56 Å². The molecule has 3 heteroatoms. The van der Waals surface area contributed by atoms with Crippen molar-refractivity contribution in [3.8, 4) is 0 Å². The molecule has 78 valence electrons. The summed E-state index contributed by atoms with van der Waals surface area (Å²) in [5.41, 5.74) is 0.509. The number of hydrogen-bond donors (Lipinski definition) is 0. The Morgan fingerprint density at radius 1 is 1.00 bits per heavy atom. The van der Waals surface area contributed by atoms with Crippen LogP contribution in [-0.2, 0) is 9.59 Å². The molecule has 0 aliphatic rings. The number of benzene rings is 1. The van der Waals surface area contributed by atoms with Crippen LogP contribution in [0.1, 0.15) is 30.1 Å². The summed E-state index contributed by atoms with van der Waals surface area (Å²) in [7, 11) is 0. The van der Waals surface area contributed by atoms with Crippen molar-refractivity contribution < 1.29 is 14.4 Å². The first-order valence-corrected chi connectivity index (χ1v) is 4.69. The third kappa shape index (κ3) is 3.85. The van der Waals surface area contributed by atoms with Crippen LogP contribution in [0.2, 0.25) is 0 Å². The highest BCUT2D eigenvalue weighted by Gasteiger charge is 2.12. The van der Waals surface area contributed by atoms with Gasteiger partial charge < -0.3 is 0 Å². The van der Waals surface area contributed by atoms with Gasteiger partial charge in [-0.3, -0.25) is 14.4 Å². The van der Waals surface area contributed by atoms with E-state index in [1.165, 1.54) is 6.92 Å². The fourth-order valence-corrected chi connectivity index (χ4v) is 1.25. The zero-order valence-electron chi connectivity index (χ0n) is 8.53. The van der Waals surface area contributed by atoms with Crippen molar-refractivity contribution in [3.05, 3.63) is 35.9 Å². The summed E-state index contributed by atoms with van der Waals surface area (Å²) in [5.74, 6) is -0.765. The van der Waals surface area contributed by atoms with Crippen LogP contribution in [0, 0.1) is 0 Å². The minimum Gasteiger partial charge on any atom is -0.300 e. The molecule has 0 heterocycles. The lowest BCUT2D eigenvalue weighted by molar-refractivity contribution is -0.125. The van der Waals surface area contributed by atoms with Gasteiger partial charge in [0.2, 0.25) is 0 Å². The number of rotatable bonds is 5. The van der Waals surface area contributed by atoms with Gasteiger partial charge in [-0.15, -0.1) is 0 Å². The summed E-state index contributed by atoms with van der Waals surface area (Å²) in [6.07, 6.45) is -0.345. The molecular formula is C12H12O3. The zero-order chi connectivity index (χ0) is 11.3. The maximum absolute atomic E-state index is 11.5. The second-order valence-corrected chi connectivity index (χ2v) is 3.38.